The van der Waals surface area contributed by atoms with Crippen LogP contribution in [0.3, 0.4) is 0 Å². The Morgan fingerprint density at radius 3 is 2.48 bits per heavy atom. The standard InChI is InChI=1S/C18H18FNO7/c1-3-25-17-10-12(14(20(22)23)11-16(17)24-2)18(21)27-9-8-26-15-7-5-4-6-13(15)19/h4-7,10-11H,3,8-9H2,1-2H3. The highest BCUT2D eigenvalue weighted by Gasteiger charge is 2.25. The molecule has 2 aromatic rings. The molecule has 0 spiro atoms. The smallest absolute Gasteiger partial charge is 0.345 e. The molecule has 27 heavy (non-hydrogen) atoms. The third-order valence-corrected chi connectivity index (χ3v) is 3.41. The number of hydrogen-bond donors (Lipinski definition) is 0. The molecule has 0 radical (unpaired) electrons. The van der Waals surface area contributed by atoms with Crippen molar-refractivity contribution in [1.82, 2.24) is 0 Å². The molecule has 0 saturated heterocycles. The van der Waals surface area contributed by atoms with Crippen LogP contribution < -0.4 is 14.2 Å². The van der Waals surface area contributed by atoms with Gasteiger partial charge in [-0.3, -0.25) is 10.1 Å². The first-order valence-corrected chi connectivity index (χ1v) is 8.01. The van der Waals surface area contributed by atoms with Crippen LogP contribution in [-0.4, -0.2) is 37.8 Å². The van der Waals surface area contributed by atoms with E-state index in [0.717, 1.165) is 6.07 Å². The highest BCUT2D eigenvalue weighted by atomic mass is 19.1. The van der Waals surface area contributed by atoms with E-state index in [1.165, 1.54) is 31.4 Å². The number of carbonyl (C=O) groups is 1. The average Bonchev–Trinajstić information content (AvgIpc) is 2.66. The molecule has 0 amide bonds. The van der Waals surface area contributed by atoms with Crippen LogP contribution in [0.25, 0.3) is 0 Å². The fourth-order valence-electron chi connectivity index (χ4n) is 2.22. The summed E-state index contributed by atoms with van der Waals surface area (Å²) < 4.78 is 34.0. The first-order valence-electron chi connectivity index (χ1n) is 8.01. The van der Waals surface area contributed by atoms with Gasteiger partial charge in [0.1, 0.15) is 18.8 Å². The minimum absolute atomic E-state index is 0.0163. The zero-order valence-corrected chi connectivity index (χ0v) is 14.8. The summed E-state index contributed by atoms with van der Waals surface area (Å²) in [5.41, 5.74) is -0.759. The second-order valence-electron chi connectivity index (χ2n) is 5.13. The van der Waals surface area contributed by atoms with E-state index in [0.29, 0.717) is 0 Å². The first-order chi connectivity index (χ1) is 13.0. The molecule has 0 bridgehead atoms. The first kappa shape index (κ1) is 20.0. The van der Waals surface area contributed by atoms with Crippen LogP contribution in [0, 0.1) is 15.9 Å². The lowest BCUT2D eigenvalue weighted by molar-refractivity contribution is -0.385. The van der Waals surface area contributed by atoms with Gasteiger partial charge in [0.15, 0.2) is 23.1 Å². The number of carbonyl (C=O) groups excluding carboxylic acids is 1. The van der Waals surface area contributed by atoms with E-state index in [2.05, 4.69) is 0 Å². The van der Waals surface area contributed by atoms with Gasteiger partial charge in [0.05, 0.1) is 24.7 Å². The van der Waals surface area contributed by atoms with E-state index in [4.69, 9.17) is 18.9 Å². The summed E-state index contributed by atoms with van der Waals surface area (Å²) in [6.07, 6.45) is 0. The number of rotatable bonds is 9. The Morgan fingerprint density at radius 1 is 1.11 bits per heavy atom. The molecule has 2 aromatic carbocycles. The SMILES string of the molecule is CCOc1cc(C(=O)OCCOc2ccccc2F)c([N+](=O)[O-])cc1OC. The zero-order chi connectivity index (χ0) is 19.8. The number of nitro benzene ring substituents is 1. The summed E-state index contributed by atoms with van der Waals surface area (Å²) >= 11 is 0. The van der Waals surface area contributed by atoms with Crippen molar-refractivity contribution in [1.29, 1.82) is 0 Å². The van der Waals surface area contributed by atoms with Crippen LogP contribution in [0.5, 0.6) is 17.2 Å². The molecule has 0 saturated carbocycles. The molecule has 0 atom stereocenters. The van der Waals surface area contributed by atoms with Crippen LogP contribution in [0.1, 0.15) is 17.3 Å². The van der Waals surface area contributed by atoms with Crippen molar-refractivity contribution >= 4 is 11.7 Å². The largest absolute Gasteiger partial charge is 0.493 e. The maximum atomic E-state index is 13.4. The number of nitro groups is 1. The molecule has 0 N–H and O–H groups in total. The molecule has 0 aliphatic rings. The lowest BCUT2D eigenvalue weighted by Gasteiger charge is -2.12. The molecule has 0 unspecified atom stereocenters. The molecule has 0 heterocycles. The average molecular weight is 379 g/mol. The van der Waals surface area contributed by atoms with Crippen molar-refractivity contribution < 1.29 is 33.1 Å². The number of methoxy groups -OCH3 is 1. The van der Waals surface area contributed by atoms with Gasteiger partial charge < -0.3 is 18.9 Å². The summed E-state index contributed by atoms with van der Waals surface area (Å²) in [6, 6.07) is 8.07. The Balaban J connectivity index is 2.08. The molecule has 0 aliphatic carbocycles. The van der Waals surface area contributed by atoms with E-state index in [9.17, 15) is 19.3 Å². The number of halogens is 1. The normalized spacial score (nSPS) is 10.2. The number of benzene rings is 2. The Labute approximate surface area is 154 Å². The Hall–Kier alpha value is -3.36. The summed E-state index contributed by atoms with van der Waals surface area (Å²) in [5, 5.41) is 11.3. The van der Waals surface area contributed by atoms with E-state index >= 15 is 0 Å². The monoisotopic (exact) mass is 379 g/mol. The van der Waals surface area contributed by atoms with Crippen LogP contribution in [0.15, 0.2) is 36.4 Å². The highest BCUT2D eigenvalue weighted by molar-refractivity contribution is 5.95. The zero-order valence-electron chi connectivity index (χ0n) is 14.8. The molecule has 2 rings (SSSR count). The Morgan fingerprint density at radius 2 is 1.85 bits per heavy atom. The fraction of sp³-hybridized carbons (Fsp3) is 0.278. The summed E-state index contributed by atoms with van der Waals surface area (Å²) in [4.78, 5) is 22.8. The molecular formula is C18H18FNO7. The number of ether oxygens (including phenoxy) is 4. The Kier molecular flexibility index (Phi) is 6.93. The Bertz CT molecular complexity index is 825. The topological polar surface area (TPSA) is 97.1 Å². The number of para-hydroxylation sites is 1. The van der Waals surface area contributed by atoms with Gasteiger partial charge in [-0.05, 0) is 19.1 Å². The molecule has 9 heteroatoms. The van der Waals surface area contributed by atoms with E-state index in [-0.39, 0.29) is 42.6 Å². The number of hydrogen-bond acceptors (Lipinski definition) is 7. The van der Waals surface area contributed by atoms with Gasteiger partial charge in [0.2, 0.25) is 0 Å². The van der Waals surface area contributed by atoms with Gasteiger partial charge in [0, 0.05) is 6.07 Å². The van der Waals surface area contributed by atoms with Gasteiger partial charge in [-0.15, -0.1) is 0 Å². The lowest BCUT2D eigenvalue weighted by Crippen LogP contribution is -2.14. The summed E-state index contributed by atoms with van der Waals surface area (Å²) in [5.74, 6) is -1.15. The van der Waals surface area contributed by atoms with Gasteiger partial charge in [0.25, 0.3) is 5.69 Å². The number of nitrogens with zero attached hydrogens (tertiary/aromatic N) is 1. The predicted molar refractivity (Wildman–Crippen MR) is 93.0 cm³/mol. The van der Waals surface area contributed by atoms with Crippen LogP contribution >= 0.6 is 0 Å². The minimum atomic E-state index is -0.928. The number of esters is 1. The third-order valence-electron chi connectivity index (χ3n) is 3.41. The van der Waals surface area contributed by atoms with Crippen molar-refractivity contribution in [3.8, 4) is 17.2 Å². The van der Waals surface area contributed by atoms with Gasteiger partial charge in [-0.1, -0.05) is 12.1 Å². The maximum Gasteiger partial charge on any atom is 0.345 e. The van der Waals surface area contributed by atoms with Crippen LogP contribution in [0.2, 0.25) is 0 Å². The van der Waals surface area contributed by atoms with E-state index < -0.39 is 22.4 Å². The second-order valence-corrected chi connectivity index (χ2v) is 5.13. The molecular weight excluding hydrogens is 361 g/mol. The van der Waals surface area contributed by atoms with Crippen molar-refractivity contribution in [2.75, 3.05) is 26.9 Å². The van der Waals surface area contributed by atoms with E-state index in [1.54, 1.807) is 13.0 Å². The molecule has 0 aromatic heterocycles. The molecule has 144 valence electrons. The van der Waals surface area contributed by atoms with Gasteiger partial charge >= 0.3 is 5.97 Å². The van der Waals surface area contributed by atoms with Crippen molar-refractivity contribution in [3.63, 3.8) is 0 Å². The minimum Gasteiger partial charge on any atom is -0.493 e. The molecule has 0 fully saturated rings. The summed E-state index contributed by atoms with van der Waals surface area (Å²) in [6.45, 7) is 1.66. The second kappa shape index (κ2) is 9.37. The molecule has 0 aliphatic heterocycles. The predicted octanol–water partition coefficient (Wildman–Crippen LogP) is 3.38. The quantitative estimate of drug-likeness (QED) is 0.285. The maximum absolute atomic E-state index is 13.4. The fourth-order valence-corrected chi connectivity index (χ4v) is 2.22. The summed E-state index contributed by atoms with van der Waals surface area (Å²) in [7, 11) is 1.33. The van der Waals surface area contributed by atoms with Crippen LogP contribution in [-0.2, 0) is 4.74 Å². The van der Waals surface area contributed by atoms with Gasteiger partial charge in [-0.2, -0.15) is 0 Å². The lowest BCUT2D eigenvalue weighted by atomic mass is 10.1. The van der Waals surface area contributed by atoms with Crippen molar-refractivity contribution in [3.05, 3.63) is 57.9 Å². The highest BCUT2D eigenvalue weighted by Crippen LogP contribution is 2.35. The van der Waals surface area contributed by atoms with Crippen molar-refractivity contribution in [2.24, 2.45) is 0 Å². The van der Waals surface area contributed by atoms with Gasteiger partial charge in [-0.25, -0.2) is 9.18 Å². The van der Waals surface area contributed by atoms with E-state index in [1.807, 2.05) is 0 Å². The third kappa shape index (κ3) is 5.06. The molecule has 8 nitrogen and oxygen atoms in total. The van der Waals surface area contributed by atoms with Crippen LogP contribution in [0.4, 0.5) is 10.1 Å². The van der Waals surface area contributed by atoms with Crippen molar-refractivity contribution in [2.45, 2.75) is 6.92 Å².